The van der Waals surface area contributed by atoms with Crippen LogP contribution in [0.15, 0.2) is 81.6 Å². The van der Waals surface area contributed by atoms with Gasteiger partial charge in [-0.2, -0.15) is 0 Å². The van der Waals surface area contributed by atoms with Crippen LogP contribution in [0.25, 0.3) is 10.9 Å². The van der Waals surface area contributed by atoms with Crippen molar-refractivity contribution in [3.05, 3.63) is 99.3 Å². The van der Waals surface area contributed by atoms with Gasteiger partial charge in [0, 0.05) is 12.3 Å². The number of nitrogens with two attached hydrogens (primary N) is 1. The summed E-state index contributed by atoms with van der Waals surface area (Å²) in [6.45, 7) is 2.37. The Morgan fingerprint density at radius 2 is 1.81 bits per heavy atom. The van der Waals surface area contributed by atoms with Gasteiger partial charge in [0.1, 0.15) is 0 Å². The Kier molecular flexibility index (Phi) is 7.58. The molecule has 36 heavy (non-hydrogen) atoms. The third-order valence-corrected chi connectivity index (χ3v) is 7.79. The lowest BCUT2D eigenvalue weighted by Crippen LogP contribution is -2.24. The van der Waals surface area contributed by atoms with Crippen molar-refractivity contribution in [2.24, 2.45) is 5.14 Å². The van der Waals surface area contributed by atoms with Crippen LogP contribution in [0.4, 0.5) is 0 Å². The fourth-order valence-electron chi connectivity index (χ4n) is 3.75. The lowest BCUT2D eigenvalue weighted by Gasteiger charge is -2.14. The molecule has 2 N–H and O–H groups in total. The number of primary sulfonamides is 1. The van der Waals surface area contributed by atoms with E-state index in [0.717, 1.165) is 16.7 Å². The van der Waals surface area contributed by atoms with Gasteiger partial charge in [-0.25, -0.2) is 23.3 Å². The van der Waals surface area contributed by atoms with E-state index >= 15 is 0 Å². The number of carbonyl (C=O) groups is 1. The number of nitrogens with zero attached hydrogens (tertiary/aromatic N) is 2. The molecule has 0 saturated carbocycles. The Bertz CT molecular complexity index is 1600. The molecule has 0 atom stereocenters. The quantitative estimate of drug-likeness (QED) is 0.212. The van der Waals surface area contributed by atoms with Gasteiger partial charge in [0.2, 0.25) is 10.0 Å². The number of methoxy groups -OCH3 is 1. The number of aryl methyl sites for hydroxylation is 2. The van der Waals surface area contributed by atoms with Gasteiger partial charge in [0.05, 0.1) is 28.5 Å². The zero-order valence-electron chi connectivity index (χ0n) is 19.8. The van der Waals surface area contributed by atoms with E-state index in [1.165, 1.54) is 31.0 Å². The first-order valence-electron chi connectivity index (χ1n) is 11.1. The monoisotopic (exact) mass is 523 g/mol. The van der Waals surface area contributed by atoms with Crippen LogP contribution in [0.2, 0.25) is 0 Å². The summed E-state index contributed by atoms with van der Waals surface area (Å²) in [6.07, 6.45) is 0.482. The van der Waals surface area contributed by atoms with Crippen molar-refractivity contribution in [2.75, 3.05) is 7.11 Å². The number of aromatic nitrogens is 2. The molecule has 0 fully saturated rings. The maximum absolute atomic E-state index is 13.5. The van der Waals surface area contributed by atoms with Gasteiger partial charge < -0.3 is 4.74 Å². The molecule has 0 spiro atoms. The van der Waals surface area contributed by atoms with Crippen molar-refractivity contribution in [3.63, 3.8) is 0 Å². The second-order valence-corrected chi connectivity index (χ2v) is 10.7. The number of thioether (sulfide) groups is 1. The normalized spacial score (nSPS) is 11.5. The Hall–Kier alpha value is -3.47. The molecule has 0 aliphatic heterocycles. The van der Waals surface area contributed by atoms with Crippen molar-refractivity contribution >= 4 is 38.7 Å². The second-order valence-electron chi connectivity index (χ2n) is 8.23. The smallest absolute Gasteiger partial charge is 0.337 e. The standard InChI is InChI=1S/C26H25N3O5S2/c1-17-5-3-4-6-20(17)16-35-26-28-23-15-19(25(31)34-2)9-12-22(23)24(30)29(26)14-13-18-7-10-21(11-8-18)36(27,32)33/h3-12,15H,13-14,16H2,1-2H3,(H2,27,32,33). The molecule has 1 heterocycles. The number of sulfonamides is 1. The van der Waals surface area contributed by atoms with E-state index in [1.54, 1.807) is 34.9 Å². The summed E-state index contributed by atoms with van der Waals surface area (Å²) < 4.78 is 29.5. The van der Waals surface area contributed by atoms with Crippen LogP contribution < -0.4 is 10.7 Å². The molecule has 0 amide bonds. The average molecular weight is 524 g/mol. The van der Waals surface area contributed by atoms with Gasteiger partial charge in [0.15, 0.2) is 5.16 Å². The number of ether oxygens (including phenoxy) is 1. The summed E-state index contributed by atoms with van der Waals surface area (Å²) in [5, 5.41) is 6.10. The highest BCUT2D eigenvalue weighted by Gasteiger charge is 2.15. The Balaban J connectivity index is 1.70. The lowest BCUT2D eigenvalue weighted by atomic mass is 10.1. The van der Waals surface area contributed by atoms with Crippen molar-refractivity contribution < 1.29 is 17.9 Å². The van der Waals surface area contributed by atoms with E-state index in [4.69, 9.17) is 14.9 Å². The summed E-state index contributed by atoms with van der Waals surface area (Å²) in [6, 6.07) is 19.0. The molecule has 0 aliphatic carbocycles. The van der Waals surface area contributed by atoms with Crippen molar-refractivity contribution in [3.8, 4) is 0 Å². The third kappa shape index (κ3) is 5.67. The topological polar surface area (TPSA) is 121 Å². The first-order valence-corrected chi connectivity index (χ1v) is 13.6. The number of hydrogen-bond acceptors (Lipinski definition) is 7. The van der Waals surface area contributed by atoms with E-state index in [1.807, 2.05) is 31.2 Å². The predicted molar refractivity (Wildman–Crippen MR) is 140 cm³/mol. The summed E-state index contributed by atoms with van der Waals surface area (Å²) in [7, 11) is -2.47. The van der Waals surface area contributed by atoms with E-state index in [9.17, 15) is 18.0 Å². The fraction of sp³-hybridized carbons (Fsp3) is 0.192. The van der Waals surface area contributed by atoms with Gasteiger partial charge in [-0.3, -0.25) is 9.36 Å². The number of fused-ring (bicyclic) bond motifs is 1. The van der Waals surface area contributed by atoms with E-state index in [-0.39, 0.29) is 10.5 Å². The van der Waals surface area contributed by atoms with E-state index in [0.29, 0.717) is 40.3 Å². The molecule has 4 rings (SSSR count). The maximum atomic E-state index is 13.5. The molecule has 1 aromatic heterocycles. The van der Waals surface area contributed by atoms with Gasteiger partial charge in [-0.05, 0) is 60.4 Å². The van der Waals surface area contributed by atoms with Crippen LogP contribution in [0.1, 0.15) is 27.0 Å². The van der Waals surface area contributed by atoms with Crippen molar-refractivity contribution in [1.82, 2.24) is 9.55 Å². The molecule has 186 valence electrons. The van der Waals surface area contributed by atoms with Gasteiger partial charge in [-0.15, -0.1) is 0 Å². The third-order valence-electron chi connectivity index (χ3n) is 5.84. The minimum atomic E-state index is -3.77. The first kappa shape index (κ1) is 25.6. The van der Waals surface area contributed by atoms with Crippen molar-refractivity contribution in [1.29, 1.82) is 0 Å². The number of esters is 1. The second kappa shape index (κ2) is 10.7. The molecular formula is C26H25N3O5S2. The van der Waals surface area contributed by atoms with Crippen molar-refractivity contribution in [2.45, 2.75) is 35.7 Å². The fourth-order valence-corrected chi connectivity index (χ4v) is 5.37. The molecule has 8 nitrogen and oxygen atoms in total. The van der Waals surface area contributed by atoms with Crippen LogP contribution >= 0.6 is 11.8 Å². The first-order chi connectivity index (χ1) is 17.2. The van der Waals surface area contributed by atoms with Crippen LogP contribution in [0.5, 0.6) is 0 Å². The molecule has 0 unspecified atom stereocenters. The number of carbonyl (C=O) groups excluding carboxylic acids is 1. The van der Waals surface area contributed by atoms with E-state index < -0.39 is 16.0 Å². The lowest BCUT2D eigenvalue weighted by molar-refractivity contribution is 0.0601. The molecule has 3 aromatic carbocycles. The zero-order valence-corrected chi connectivity index (χ0v) is 21.4. The van der Waals surface area contributed by atoms with Crippen LogP contribution in [0.3, 0.4) is 0 Å². The summed E-state index contributed by atoms with van der Waals surface area (Å²) in [5.74, 6) is 0.115. The molecule has 0 radical (unpaired) electrons. The van der Waals surface area contributed by atoms with Crippen LogP contribution in [-0.4, -0.2) is 31.0 Å². The molecule has 0 aliphatic rings. The molecule has 10 heteroatoms. The minimum Gasteiger partial charge on any atom is -0.465 e. The molecule has 4 aromatic rings. The summed E-state index contributed by atoms with van der Waals surface area (Å²) >= 11 is 1.44. The predicted octanol–water partition coefficient (Wildman–Crippen LogP) is 3.67. The summed E-state index contributed by atoms with van der Waals surface area (Å²) in [4.78, 5) is 30.3. The van der Waals surface area contributed by atoms with Gasteiger partial charge in [-0.1, -0.05) is 48.2 Å². The SMILES string of the molecule is COC(=O)c1ccc2c(=O)n(CCc3ccc(S(N)(=O)=O)cc3)c(SCc3ccccc3C)nc2c1. The molecule has 0 bridgehead atoms. The summed E-state index contributed by atoms with van der Waals surface area (Å²) in [5.41, 5.74) is 3.64. The van der Waals surface area contributed by atoms with E-state index in [2.05, 4.69) is 0 Å². The number of benzene rings is 3. The highest BCUT2D eigenvalue weighted by atomic mass is 32.2. The number of rotatable bonds is 8. The highest BCUT2D eigenvalue weighted by Crippen LogP contribution is 2.25. The van der Waals surface area contributed by atoms with Crippen LogP contribution in [-0.2, 0) is 33.5 Å². The molecule has 0 saturated heterocycles. The van der Waals surface area contributed by atoms with Gasteiger partial charge in [0.25, 0.3) is 5.56 Å². The highest BCUT2D eigenvalue weighted by molar-refractivity contribution is 7.98. The zero-order chi connectivity index (χ0) is 25.9. The molecular weight excluding hydrogens is 498 g/mol. The largest absolute Gasteiger partial charge is 0.465 e. The Labute approximate surface area is 213 Å². The Morgan fingerprint density at radius 3 is 2.47 bits per heavy atom. The Morgan fingerprint density at radius 1 is 1.08 bits per heavy atom. The minimum absolute atomic E-state index is 0.0340. The van der Waals surface area contributed by atoms with Gasteiger partial charge >= 0.3 is 5.97 Å². The van der Waals surface area contributed by atoms with Crippen LogP contribution in [0, 0.1) is 6.92 Å². The number of hydrogen-bond donors (Lipinski definition) is 1. The average Bonchev–Trinajstić information content (AvgIpc) is 2.86. The maximum Gasteiger partial charge on any atom is 0.337 e.